The van der Waals surface area contributed by atoms with E-state index in [9.17, 15) is 14.4 Å². The number of fused-ring (bicyclic) bond motifs is 3. The maximum absolute atomic E-state index is 12.9. The second-order valence-corrected chi connectivity index (χ2v) is 9.44. The summed E-state index contributed by atoms with van der Waals surface area (Å²) in [5.74, 6) is 0.698. The largest absolute Gasteiger partial charge is 0.339 e. The molecule has 2 atom stereocenters. The van der Waals surface area contributed by atoms with Gasteiger partial charge >= 0.3 is 5.69 Å². The lowest BCUT2D eigenvalue weighted by atomic mass is 9.65. The van der Waals surface area contributed by atoms with Gasteiger partial charge in [-0.2, -0.15) is 0 Å². The molecule has 4 rings (SSSR count). The Morgan fingerprint density at radius 1 is 1.22 bits per heavy atom. The maximum atomic E-state index is 12.9. The van der Waals surface area contributed by atoms with Gasteiger partial charge in [-0.3, -0.25) is 19.1 Å². The molecule has 2 unspecified atom stereocenters. The van der Waals surface area contributed by atoms with Gasteiger partial charge in [0, 0.05) is 32.5 Å². The first-order valence-corrected chi connectivity index (χ1v) is 9.54. The van der Waals surface area contributed by atoms with Gasteiger partial charge in [0.25, 0.3) is 5.56 Å². The molecule has 8 heteroatoms. The third kappa shape index (κ3) is 3.11. The third-order valence-electron chi connectivity index (χ3n) is 6.11. The first-order chi connectivity index (χ1) is 12.6. The summed E-state index contributed by atoms with van der Waals surface area (Å²) in [7, 11) is 1.56. The van der Waals surface area contributed by atoms with Gasteiger partial charge in [-0.1, -0.05) is 20.8 Å². The van der Waals surface area contributed by atoms with Crippen molar-refractivity contribution < 1.29 is 4.79 Å². The number of amides is 1. The van der Waals surface area contributed by atoms with Crippen LogP contribution in [0.25, 0.3) is 11.2 Å². The van der Waals surface area contributed by atoms with Crippen molar-refractivity contribution in [2.24, 2.45) is 17.9 Å². The standard InChI is InChI=1S/C19H27N5O3/c1-18(2)7-11-8-19(3,9-18)10-24(11)13(25)6-5-12-20-14-15(21-12)23(4)17(27)22-16(14)26/h11H,5-10H2,1-4H3,(H,20,21)(H,22,26,27). The summed E-state index contributed by atoms with van der Waals surface area (Å²) in [4.78, 5) is 48.1. The summed E-state index contributed by atoms with van der Waals surface area (Å²) in [6, 6.07) is 0.325. The number of aryl methyl sites for hydroxylation is 2. The Hall–Kier alpha value is -2.38. The molecule has 8 nitrogen and oxygen atoms in total. The van der Waals surface area contributed by atoms with Crippen LogP contribution in [0.1, 0.15) is 52.3 Å². The first kappa shape index (κ1) is 18.0. The monoisotopic (exact) mass is 373 g/mol. The molecule has 0 aromatic carbocycles. The zero-order chi connectivity index (χ0) is 19.6. The lowest BCUT2D eigenvalue weighted by molar-refractivity contribution is -0.132. The number of hydrogen-bond donors (Lipinski definition) is 2. The number of nitrogens with zero attached hydrogens (tertiary/aromatic N) is 3. The minimum absolute atomic E-state index is 0.143. The van der Waals surface area contributed by atoms with Crippen molar-refractivity contribution in [1.29, 1.82) is 0 Å². The Labute approximate surface area is 157 Å². The maximum Gasteiger partial charge on any atom is 0.329 e. The number of aromatic nitrogens is 4. The quantitative estimate of drug-likeness (QED) is 0.846. The summed E-state index contributed by atoms with van der Waals surface area (Å²) in [5, 5.41) is 0. The van der Waals surface area contributed by atoms with E-state index >= 15 is 0 Å². The van der Waals surface area contributed by atoms with Crippen molar-refractivity contribution in [3.63, 3.8) is 0 Å². The molecular formula is C19H27N5O3. The normalized spacial score (nSPS) is 26.7. The predicted molar refractivity (Wildman–Crippen MR) is 102 cm³/mol. The highest BCUT2D eigenvalue weighted by atomic mass is 16.2. The Morgan fingerprint density at radius 3 is 2.70 bits per heavy atom. The van der Waals surface area contributed by atoms with Crippen LogP contribution in [0.5, 0.6) is 0 Å². The number of H-pyrrole nitrogens is 2. The first-order valence-electron chi connectivity index (χ1n) is 9.54. The van der Waals surface area contributed by atoms with Crippen molar-refractivity contribution in [3.05, 3.63) is 26.7 Å². The summed E-state index contributed by atoms with van der Waals surface area (Å²) in [6.07, 6.45) is 4.06. The lowest BCUT2D eigenvalue weighted by Crippen LogP contribution is -2.37. The van der Waals surface area contributed by atoms with Gasteiger partial charge in [-0.15, -0.1) is 0 Å². The minimum atomic E-state index is -0.498. The van der Waals surface area contributed by atoms with Crippen LogP contribution in [0.2, 0.25) is 0 Å². The van der Waals surface area contributed by atoms with Crippen LogP contribution in [-0.4, -0.2) is 42.9 Å². The van der Waals surface area contributed by atoms with Gasteiger partial charge in [-0.25, -0.2) is 9.78 Å². The van der Waals surface area contributed by atoms with Crippen LogP contribution in [-0.2, 0) is 18.3 Å². The average Bonchev–Trinajstić information content (AvgIpc) is 3.08. The number of nitrogens with one attached hydrogen (secondary N) is 2. The van der Waals surface area contributed by atoms with E-state index in [1.54, 1.807) is 7.05 Å². The number of imidazole rings is 1. The second-order valence-electron chi connectivity index (χ2n) is 9.44. The van der Waals surface area contributed by atoms with E-state index in [1.807, 2.05) is 0 Å². The molecule has 1 aliphatic carbocycles. The third-order valence-corrected chi connectivity index (χ3v) is 6.11. The van der Waals surface area contributed by atoms with E-state index in [0.717, 1.165) is 25.8 Å². The molecular weight excluding hydrogens is 346 g/mol. The fraction of sp³-hybridized carbons (Fsp3) is 0.684. The smallest absolute Gasteiger partial charge is 0.329 e. The molecule has 2 aromatic rings. The van der Waals surface area contributed by atoms with E-state index in [-0.39, 0.29) is 22.3 Å². The van der Waals surface area contributed by atoms with Crippen molar-refractivity contribution in [2.45, 2.75) is 58.9 Å². The SMILES string of the molecule is Cn1c(=O)[nH]c(=O)c2[nH]c(CCC(=O)N3CC4(C)CC3CC(C)(C)C4)nc21. The van der Waals surface area contributed by atoms with Gasteiger partial charge in [0.1, 0.15) is 11.3 Å². The highest BCUT2D eigenvalue weighted by molar-refractivity contribution is 5.77. The number of rotatable bonds is 3. The minimum Gasteiger partial charge on any atom is -0.339 e. The molecule has 1 saturated carbocycles. The molecule has 1 aliphatic heterocycles. The van der Waals surface area contributed by atoms with Crippen molar-refractivity contribution in [2.75, 3.05) is 6.54 Å². The number of aromatic amines is 2. The highest BCUT2D eigenvalue weighted by Crippen LogP contribution is 2.52. The fourth-order valence-corrected chi connectivity index (χ4v) is 5.39. The molecule has 1 saturated heterocycles. The molecule has 2 bridgehead atoms. The molecule has 2 aliphatic rings. The van der Waals surface area contributed by atoms with Crippen LogP contribution < -0.4 is 11.2 Å². The molecule has 2 aromatic heterocycles. The molecule has 0 spiro atoms. The van der Waals surface area contributed by atoms with Gasteiger partial charge in [0.2, 0.25) is 5.91 Å². The van der Waals surface area contributed by atoms with E-state index in [0.29, 0.717) is 30.4 Å². The highest BCUT2D eigenvalue weighted by Gasteiger charge is 2.50. The molecule has 1 amide bonds. The lowest BCUT2D eigenvalue weighted by Gasteiger charge is -2.39. The van der Waals surface area contributed by atoms with Crippen molar-refractivity contribution >= 4 is 17.1 Å². The Balaban J connectivity index is 1.50. The summed E-state index contributed by atoms with van der Waals surface area (Å²) in [6.45, 7) is 7.71. The summed E-state index contributed by atoms with van der Waals surface area (Å²) < 4.78 is 1.30. The molecule has 2 N–H and O–H groups in total. The van der Waals surface area contributed by atoms with Crippen LogP contribution in [0.3, 0.4) is 0 Å². The van der Waals surface area contributed by atoms with E-state index < -0.39 is 11.2 Å². The van der Waals surface area contributed by atoms with Gasteiger partial charge in [-0.05, 0) is 30.1 Å². The van der Waals surface area contributed by atoms with Crippen LogP contribution >= 0.6 is 0 Å². The Morgan fingerprint density at radius 2 is 1.96 bits per heavy atom. The zero-order valence-corrected chi connectivity index (χ0v) is 16.4. The number of likely N-dealkylation sites (tertiary alicyclic amines) is 1. The van der Waals surface area contributed by atoms with Crippen LogP contribution in [0.4, 0.5) is 0 Å². The molecule has 2 fully saturated rings. The molecule has 3 heterocycles. The van der Waals surface area contributed by atoms with E-state index in [1.165, 1.54) is 4.57 Å². The molecule has 27 heavy (non-hydrogen) atoms. The second kappa shape index (κ2) is 5.81. The number of hydrogen-bond acceptors (Lipinski definition) is 4. The number of carbonyl (C=O) groups excluding carboxylic acids is 1. The van der Waals surface area contributed by atoms with Crippen molar-refractivity contribution in [1.82, 2.24) is 24.4 Å². The van der Waals surface area contributed by atoms with Gasteiger partial charge in [0.15, 0.2) is 5.65 Å². The summed E-state index contributed by atoms with van der Waals surface area (Å²) in [5.41, 5.74) is 0.0939. The van der Waals surface area contributed by atoms with E-state index in [4.69, 9.17) is 0 Å². The summed E-state index contributed by atoms with van der Waals surface area (Å²) >= 11 is 0. The average molecular weight is 373 g/mol. The zero-order valence-electron chi connectivity index (χ0n) is 16.4. The Bertz CT molecular complexity index is 1030. The molecule has 0 radical (unpaired) electrons. The van der Waals surface area contributed by atoms with Crippen LogP contribution in [0, 0.1) is 10.8 Å². The number of carbonyl (C=O) groups is 1. The topological polar surface area (TPSA) is 104 Å². The Kier molecular flexibility index (Phi) is 3.87. The predicted octanol–water partition coefficient (Wildman–Crippen LogP) is 1.31. The fourth-order valence-electron chi connectivity index (χ4n) is 5.39. The van der Waals surface area contributed by atoms with Gasteiger partial charge in [0.05, 0.1) is 0 Å². The van der Waals surface area contributed by atoms with E-state index in [2.05, 4.69) is 40.6 Å². The van der Waals surface area contributed by atoms with Crippen LogP contribution in [0.15, 0.2) is 9.59 Å². The molecule has 146 valence electrons. The van der Waals surface area contributed by atoms with Gasteiger partial charge < -0.3 is 9.88 Å². The van der Waals surface area contributed by atoms with Crippen molar-refractivity contribution in [3.8, 4) is 0 Å².